The third-order valence-corrected chi connectivity index (χ3v) is 5.37. The first-order valence-electron chi connectivity index (χ1n) is 5.98. The zero-order chi connectivity index (χ0) is 18.4. The van der Waals surface area contributed by atoms with Crippen molar-refractivity contribution in [2.75, 3.05) is 0 Å². The van der Waals surface area contributed by atoms with Crippen molar-refractivity contribution in [2.24, 2.45) is 0 Å². The molecule has 2 rings (SSSR count). The Bertz CT molecular complexity index is 772. The molecule has 0 aliphatic heterocycles. The summed E-state index contributed by atoms with van der Waals surface area (Å²) in [4.78, 5) is 0. The molecule has 0 heterocycles. The van der Waals surface area contributed by atoms with Crippen LogP contribution in [0.15, 0.2) is 18.2 Å². The first-order chi connectivity index (χ1) is 11.0. The Labute approximate surface area is 158 Å². The van der Waals surface area contributed by atoms with Crippen molar-refractivity contribution in [1.82, 2.24) is 0 Å². The van der Waals surface area contributed by atoms with Gasteiger partial charge in [0.25, 0.3) is 6.43 Å². The van der Waals surface area contributed by atoms with E-state index in [2.05, 4.69) is 0 Å². The highest BCUT2D eigenvalue weighted by Crippen LogP contribution is 2.50. The van der Waals surface area contributed by atoms with Crippen LogP contribution in [0.1, 0.15) is 17.6 Å². The summed E-state index contributed by atoms with van der Waals surface area (Å²) in [5.41, 5.74) is -2.74. The summed E-state index contributed by atoms with van der Waals surface area (Å²) in [6, 6.07) is 1.69. The molecule has 0 N–H and O–H groups in total. The van der Waals surface area contributed by atoms with Crippen LogP contribution in [-0.2, 0) is 6.18 Å². The van der Waals surface area contributed by atoms with Crippen LogP contribution in [0.25, 0.3) is 11.1 Å². The van der Waals surface area contributed by atoms with Gasteiger partial charge in [-0.3, -0.25) is 0 Å². The molecule has 2 aromatic rings. The highest BCUT2D eigenvalue weighted by molar-refractivity contribution is 6.56. The minimum absolute atomic E-state index is 0.234. The molecule has 0 atom stereocenters. The van der Waals surface area contributed by atoms with Gasteiger partial charge in [0.15, 0.2) is 0 Å². The van der Waals surface area contributed by atoms with Gasteiger partial charge in [-0.05, 0) is 17.7 Å². The third-order valence-electron chi connectivity index (χ3n) is 3.09. The molecule has 130 valence electrons. The molecule has 0 aliphatic carbocycles. The minimum atomic E-state index is -4.76. The quantitative estimate of drug-likeness (QED) is 0.247. The van der Waals surface area contributed by atoms with Crippen LogP contribution in [0.3, 0.4) is 0 Å². The van der Waals surface area contributed by atoms with Gasteiger partial charge in [-0.25, -0.2) is 8.78 Å². The SMILES string of the molecule is FC(F)c1ccc(C(F)(F)F)cc1-c1c(Cl)c(Cl)c(Cl)c(Cl)c1Cl. The predicted molar refractivity (Wildman–Crippen MR) is 86.9 cm³/mol. The molecular weight excluding hydrogens is 440 g/mol. The lowest BCUT2D eigenvalue weighted by Crippen LogP contribution is -2.06. The first-order valence-corrected chi connectivity index (χ1v) is 7.86. The summed E-state index contributed by atoms with van der Waals surface area (Å²) in [6.07, 6.45) is -7.84. The summed E-state index contributed by atoms with van der Waals surface area (Å²) in [6.45, 7) is 0. The van der Waals surface area contributed by atoms with Gasteiger partial charge in [-0.1, -0.05) is 64.1 Å². The van der Waals surface area contributed by atoms with Crippen molar-refractivity contribution < 1.29 is 22.0 Å². The third kappa shape index (κ3) is 3.56. The van der Waals surface area contributed by atoms with Gasteiger partial charge in [0.05, 0.1) is 30.7 Å². The van der Waals surface area contributed by atoms with E-state index in [-0.39, 0.29) is 30.7 Å². The van der Waals surface area contributed by atoms with Gasteiger partial charge < -0.3 is 0 Å². The number of hydrogen-bond donors (Lipinski definition) is 0. The van der Waals surface area contributed by atoms with E-state index in [1.807, 2.05) is 0 Å². The van der Waals surface area contributed by atoms with Gasteiger partial charge in [-0.15, -0.1) is 0 Å². The Morgan fingerprint density at radius 1 is 0.750 bits per heavy atom. The van der Waals surface area contributed by atoms with E-state index in [4.69, 9.17) is 58.0 Å². The lowest BCUT2D eigenvalue weighted by Gasteiger charge is -2.17. The van der Waals surface area contributed by atoms with Crippen LogP contribution in [0.4, 0.5) is 22.0 Å². The number of hydrogen-bond acceptors (Lipinski definition) is 0. The van der Waals surface area contributed by atoms with Crippen LogP contribution in [0, 0.1) is 0 Å². The second kappa shape index (κ2) is 7.04. The molecule has 0 unspecified atom stereocenters. The molecule has 0 nitrogen and oxygen atoms in total. The van der Waals surface area contributed by atoms with E-state index in [1.165, 1.54) is 0 Å². The Kier molecular flexibility index (Phi) is 5.83. The van der Waals surface area contributed by atoms with E-state index in [0.717, 1.165) is 0 Å². The fraction of sp³-hybridized carbons (Fsp3) is 0.143. The number of alkyl halides is 5. The van der Waals surface area contributed by atoms with Crippen molar-refractivity contribution in [3.05, 3.63) is 54.4 Å². The standard InChI is InChI=1S/C14H4Cl5F5/c15-8-7(9(16)11(18)12(19)10(8)17)6-3-4(14(22,23)24)1-2-5(6)13(20)21/h1-3,13H. The van der Waals surface area contributed by atoms with Crippen LogP contribution in [-0.4, -0.2) is 0 Å². The maximum absolute atomic E-state index is 13.2. The Balaban J connectivity index is 2.90. The second-order valence-corrected chi connectivity index (χ2v) is 6.44. The second-order valence-electron chi connectivity index (χ2n) is 4.55. The number of benzene rings is 2. The van der Waals surface area contributed by atoms with E-state index in [0.29, 0.717) is 18.2 Å². The van der Waals surface area contributed by atoms with E-state index in [1.54, 1.807) is 0 Å². The van der Waals surface area contributed by atoms with Gasteiger partial charge in [0.1, 0.15) is 0 Å². The van der Waals surface area contributed by atoms with Crippen molar-refractivity contribution in [3.8, 4) is 11.1 Å². The number of halogens is 10. The van der Waals surface area contributed by atoms with Crippen molar-refractivity contribution in [3.63, 3.8) is 0 Å². The highest BCUT2D eigenvalue weighted by Gasteiger charge is 2.33. The van der Waals surface area contributed by atoms with E-state index >= 15 is 0 Å². The van der Waals surface area contributed by atoms with Crippen molar-refractivity contribution >= 4 is 58.0 Å². The Morgan fingerprint density at radius 3 is 1.62 bits per heavy atom. The molecule has 0 spiro atoms. The largest absolute Gasteiger partial charge is 0.416 e. The molecule has 2 aromatic carbocycles. The van der Waals surface area contributed by atoms with Gasteiger partial charge in [0.2, 0.25) is 0 Å². The molecule has 10 heteroatoms. The van der Waals surface area contributed by atoms with Crippen LogP contribution >= 0.6 is 58.0 Å². The monoisotopic (exact) mass is 442 g/mol. The molecule has 24 heavy (non-hydrogen) atoms. The zero-order valence-corrected chi connectivity index (χ0v) is 14.9. The summed E-state index contributed by atoms with van der Waals surface area (Å²) in [5.74, 6) is 0. The van der Waals surface area contributed by atoms with Gasteiger partial charge in [0, 0.05) is 11.1 Å². The van der Waals surface area contributed by atoms with Gasteiger partial charge >= 0.3 is 6.18 Å². The summed E-state index contributed by atoms with van der Waals surface area (Å²) >= 11 is 29.4. The van der Waals surface area contributed by atoms with Crippen molar-refractivity contribution in [2.45, 2.75) is 12.6 Å². The zero-order valence-electron chi connectivity index (χ0n) is 11.1. The maximum Gasteiger partial charge on any atom is 0.416 e. The molecule has 0 aromatic heterocycles. The summed E-state index contributed by atoms with van der Waals surface area (Å²) < 4.78 is 65.2. The van der Waals surface area contributed by atoms with Crippen molar-refractivity contribution in [1.29, 1.82) is 0 Å². The summed E-state index contributed by atoms with van der Waals surface area (Å²) in [7, 11) is 0. The molecule has 0 bridgehead atoms. The summed E-state index contributed by atoms with van der Waals surface area (Å²) in [5, 5.41) is -1.60. The fourth-order valence-corrected chi connectivity index (χ4v) is 3.32. The maximum atomic E-state index is 13.2. The molecule has 0 saturated carbocycles. The Hall–Kier alpha value is -0.460. The fourth-order valence-electron chi connectivity index (χ4n) is 1.98. The molecular formula is C14H4Cl5F5. The minimum Gasteiger partial charge on any atom is -0.205 e. The smallest absolute Gasteiger partial charge is 0.205 e. The average molecular weight is 444 g/mol. The van der Waals surface area contributed by atoms with Gasteiger partial charge in [-0.2, -0.15) is 13.2 Å². The first kappa shape index (κ1) is 19.9. The normalized spacial score (nSPS) is 12.1. The van der Waals surface area contributed by atoms with E-state index in [9.17, 15) is 22.0 Å². The molecule has 0 radical (unpaired) electrons. The number of rotatable bonds is 2. The molecule has 0 amide bonds. The Morgan fingerprint density at radius 2 is 1.21 bits per heavy atom. The highest BCUT2D eigenvalue weighted by atomic mass is 35.5. The van der Waals surface area contributed by atoms with Crippen LogP contribution in [0.2, 0.25) is 25.1 Å². The van der Waals surface area contributed by atoms with E-state index < -0.39 is 29.3 Å². The lowest BCUT2D eigenvalue weighted by molar-refractivity contribution is -0.137. The van der Waals surface area contributed by atoms with Crippen LogP contribution < -0.4 is 0 Å². The molecule has 0 fully saturated rings. The molecule has 0 saturated heterocycles. The molecule has 0 aliphatic rings. The predicted octanol–water partition coefficient (Wildman–Crippen LogP) is 8.58. The topological polar surface area (TPSA) is 0 Å². The lowest BCUT2D eigenvalue weighted by atomic mass is 9.97. The van der Waals surface area contributed by atoms with Crippen LogP contribution in [0.5, 0.6) is 0 Å². The average Bonchev–Trinajstić information content (AvgIpc) is 2.50.